The number of anilines is 1. The van der Waals surface area contributed by atoms with Crippen molar-refractivity contribution in [3.05, 3.63) is 42.3 Å². The molecular weight excluding hydrogens is 167 g/mol. The molecule has 3 N–H and O–H groups in total. The lowest BCUT2D eigenvalue weighted by Gasteiger charge is -1.95. The van der Waals surface area contributed by atoms with Crippen LogP contribution in [0.4, 0.5) is 10.2 Å². The molecule has 0 bridgehead atoms. The number of hydrogen-bond acceptors (Lipinski definition) is 1. The SMILES string of the molecule is Nc1cc(-c2cccc(F)c2)c[nH]1. The van der Waals surface area contributed by atoms with E-state index in [1.807, 2.05) is 6.07 Å². The minimum atomic E-state index is -0.239. The van der Waals surface area contributed by atoms with E-state index in [9.17, 15) is 4.39 Å². The lowest BCUT2D eigenvalue weighted by molar-refractivity contribution is 0.628. The summed E-state index contributed by atoms with van der Waals surface area (Å²) in [7, 11) is 0. The summed E-state index contributed by atoms with van der Waals surface area (Å²) in [4.78, 5) is 2.84. The van der Waals surface area contributed by atoms with Gasteiger partial charge in [0.25, 0.3) is 0 Å². The maximum atomic E-state index is 12.8. The van der Waals surface area contributed by atoms with Crippen molar-refractivity contribution in [1.82, 2.24) is 4.98 Å². The first-order valence-electron chi connectivity index (χ1n) is 3.95. The molecule has 0 unspecified atom stereocenters. The number of nitrogens with two attached hydrogens (primary N) is 1. The van der Waals surface area contributed by atoms with Gasteiger partial charge in [0.05, 0.1) is 0 Å². The molecular formula is C10H9FN2. The normalized spacial score (nSPS) is 10.2. The highest BCUT2D eigenvalue weighted by molar-refractivity contribution is 5.66. The van der Waals surface area contributed by atoms with Crippen LogP contribution in [0.3, 0.4) is 0 Å². The lowest BCUT2D eigenvalue weighted by Crippen LogP contribution is -1.80. The number of aromatic amines is 1. The van der Waals surface area contributed by atoms with Gasteiger partial charge in [-0.3, -0.25) is 0 Å². The van der Waals surface area contributed by atoms with Crippen LogP contribution in [0.1, 0.15) is 0 Å². The van der Waals surface area contributed by atoms with Crippen molar-refractivity contribution in [2.24, 2.45) is 0 Å². The highest BCUT2D eigenvalue weighted by Crippen LogP contribution is 2.21. The second-order valence-corrected chi connectivity index (χ2v) is 2.85. The molecule has 3 heteroatoms. The van der Waals surface area contributed by atoms with E-state index < -0.39 is 0 Å². The molecule has 13 heavy (non-hydrogen) atoms. The predicted octanol–water partition coefficient (Wildman–Crippen LogP) is 2.40. The molecule has 66 valence electrons. The molecule has 0 saturated carbocycles. The molecule has 0 aliphatic rings. The van der Waals surface area contributed by atoms with E-state index in [0.717, 1.165) is 11.1 Å². The molecule has 0 amide bonds. The number of rotatable bonds is 1. The van der Waals surface area contributed by atoms with Crippen LogP contribution in [0, 0.1) is 5.82 Å². The molecule has 1 heterocycles. The van der Waals surface area contributed by atoms with Crippen molar-refractivity contribution in [3.8, 4) is 11.1 Å². The van der Waals surface area contributed by atoms with Gasteiger partial charge in [0.2, 0.25) is 0 Å². The highest BCUT2D eigenvalue weighted by atomic mass is 19.1. The first-order valence-corrected chi connectivity index (χ1v) is 3.95. The van der Waals surface area contributed by atoms with Crippen LogP contribution in [0.2, 0.25) is 0 Å². The third-order valence-electron chi connectivity index (χ3n) is 1.86. The highest BCUT2D eigenvalue weighted by Gasteiger charge is 2.00. The number of H-pyrrole nitrogens is 1. The van der Waals surface area contributed by atoms with E-state index in [-0.39, 0.29) is 5.82 Å². The molecule has 0 saturated heterocycles. The number of aromatic nitrogens is 1. The van der Waals surface area contributed by atoms with Crippen LogP contribution in [-0.2, 0) is 0 Å². The summed E-state index contributed by atoms with van der Waals surface area (Å²) in [6.45, 7) is 0. The maximum Gasteiger partial charge on any atom is 0.123 e. The smallest absolute Gasteiger partial charge is 0.123 e. The molecule has 0 atom stereocenters. The minimum Gasteiger partial charge on any atom is -0.385 e. The van der Waals surface area contributed by atoms with Gasteiger partial charge in [0, 0.05) is 11.8 Å². The fourth-order valence-electron chi connectivity index (χ4n) is 1.25. The zero-order valence-electron chi connectivity index (χ0n) is 6.92. The third kappa shape index (κ3) is 1.54. The Labute approximate surface area is 75.2 Å². The summed E-state index contributed by atoms with van der Waals surface area (Å²) in [5.41, 5.74) is 7.23. The Hall–Kier alpha value is -1.77. The average Bonchev–Trinajstić information content (AvgIpc) is 2.52. The van der Waals surface area contributed by atoms with E-state index >= 15 is 0 Å². The van der Waals surface area contributed by atoms with Crippen molar-refractivity contribution in [2.75, 3.05) is 5.73 Å². The molecule has 2 rings (SSSR count). The molecule has 0 fully saturated rings. The average molecular weight is 176 g/mol. The van der Waals surface area contributed by atoms with Crippen molar-refractivity contribution in [2.45, 2.75) is 0 Å². The molecule has 1 aromatic heterocycles. The third-order valence-corrected chi connectivity index (χ3v) is 1.86. The van der Waals surface area contributed by atoms with Gasteiger partial charge in [-0.1, -0.05) is 12.1 Å². The van der Waals surface area contributed by atoms with Crippen molar-refractivity contribution < 1.29 is 4.39 Å². The quantitative estimate of drug-likeness (QED) is 0.688. The molecule has 0 radical (unpaired) electrons. The van der Waals surface area contributed by atoms with E-state index in [1.165, 1.54) is 12.1 Å². The Balaban J connectivity index is 2.46. The maximum absolute atomic E-state index is 12.8. The zero-order valence-corrected chi connectivity index (χ0v) is 6.92. The fourth-order valence-corrected chi connectivity index (χ4v) is 1.25. The van der Waals surface area contributed by atoms with Gasteiger partial charge >= 0.3 is 0 Å². The lowest BCUT2D eigenvalue weighted by atomic mass is 10.1. The standard InChI is InChI=1S/C10H9FN2/c11-9-3-1-2-7(4-9)8-5-10(12)13-6-8/h1-6,13H,12H2. The Morgan fingerprint density at radius 1 is 1.15 bits per heavy atom. The first-order chi connectivity index (χ1) is 6.25. The van der Waals surface area contributed by atoms with E-state index in [1.54, 1.807) is 18.3 Å². The molecule has 1 aromatic carbocycles. The van der Waals surface area contributed by atoms with Gasteiger partial charge in [-0.2, -0.15) is 0 Å². The Morgan fingerprint density at radius 2 is 2.00 bits per heavy atom. The van der Waals surface area contributed by atoms with Crippen LogP contribution >= 0.6 is 0 Å². The zero-order chi connectivity index (χ0) is 9.26. The van der Waals surface area contributed by atoms with Gasteiger partial charge in [-0.25, -0.2) is 4.39 Å². The summed E-state index contributed by atoms with van der Waals surface area (Å²) in [5.74, 6) is 0.344. The van der Waals surface area contributed by atoms with E-state index in [0.29, 0.717) is 5.82 Å². The van der Waals surface area contributed by atoms with Crippen LogP contribution < -0.4 is 5.73 Å². The van der Waals surface area contributed by atoms with Crippen LogP contribution in [0.25, 0.3) is 11.1 Å². The monoisotopic (exact) mass is 176 g/mol. The number of nitrogens with one attached hydrogen (secondary N) is 1. The molecule has 0 aliphatic carbocycles. The largest absolute Gasteiger partial charge is 0.385 e. The van der Waals surface area contributed by atoms with Crippen molar-refractivity contribution in [1.29, 1.82) is 0 Å². The van der Waals surface area contributed by atoms with E-state index in [4.69, 9.17) is 5.73 Å². The van der Waals surface area contributed by atoms with Crippen LogP contribution in [-0.4, -0.2) is 4.98 Å². The predicted molar refractivity (Wildman–Crippen MR) is 50.6 cm³/mol. The van der Waals surface area contributed by atoms with E-state index in [2.05, 4.69) is 4.98 Å². The van der Waals surface area contributed by atoms with Gasteiger partial charge < -0.3 is 10.7 Å². The van der Waals surface area contributed by atoms with Gasteiger partial charge in [-0.15, -0.1) is 0 Å². The van der Waals surface area contributed by atoms with Crippen molar-refractivity contribution >= 4 is 5.82 Å². The second kappa shape index (κ2) is 2.94. The summed E-state index contributed by atoms with van der Waals surface area (Å²) >= 11 is 0. The molecule has 0 spiro atoms. The summed E-state index contributed by atoms with van der Waals surface area (Å²) in [5, 5.41) is 0. The van der Waals surface area contributed by atoms with Crippen LogP contribution in [0.5, 0.6) is 0 Å². The first kappa shape index (κ1) is 7.86. The summed E-state index contributed by atoms with van der Waals surface area (Å²) in [6, 6.07) is 8.18. The summed E-state index contributed by atoms with van der Waals surface area (Å²) < 4.78 is 12.8. The minimum absolute atomic E-state index is 0.239. The number of benzene rings is 1. The van der Waals surface area contributed by atoms with Crippen molar-refractivity contribution in [3.63, 3.8) is 0 Å². The number of nitrogen functional groups attached to an aromatic ring is 1. The Bertz CT molecular complexity index is 420. The Kier molecular flexibility index (Phi) is 1.77. The Morgan fingerprint density at radius 3 is 2.62 bits per heavy atom. The molecule has 2 aromatic rings. The molecule has 0 aliphatic heterocycles. The fraction of sp³-hybridized carbons (Fsp3) is 0. The second-order valence-electron chi connectivity index (χ2n) is 2.85. The van der Waals surface area contributed by atoms with Gasteiger partial charge in [-0.05, 0) is 23.8 Å². The topological polar surface area (TPSA) is 41.8 Å². The van der Waals surface area contributed by atoms with Gasteiger partial charge in [0.15, 0.2) is 0 Å². The number of halogens is 1. The van der Waals surface area contributed by atoms with Gasteiger partial charge in [0.1, 0.15) is 11.6 Å². The molecule has 2 nitrogen and oxygen atoms in total. The summed E-state index contributed by atoms with van der Waals surface area (Å²) in [6.07, 6.45) is 1.75. The van der Waals surface area contributed by atoms with Crippen LogP contribution in [0.15, 0.2) is 36.5 Å². The number of hydrogen-bond donors (Lipinski definition) is 2.